The van der Waals surface area contributed by atoms with Crippen molar-refractivity contribution < 1.29 is 0 Å². The zero-order chi connectivity index (χ0) is 12.6. The van der Waals surface area contributed by atoms with Crippen LogP contribution in [-0.2, 0) is 6.54 Å². The summed E-state index contributed by atoms with van der Waals surface area (Å²) in [6.45, 7) is 10.9. The number of likely N-dealkylation sites (tertiary alicyclic amines) is 1. The van der Waals surface area contributed by atoms with Crippen LogP contribution in [0.2, 0.25) is 0 Å². The smallest absolute Gasteiger partial charge is 0.0234 e. The second-order valence-corrected chi connectivity index (χ2v) is 6.47. The zero-order valence-corrected chi connectivity index (χ0v) is 11.5. The summed E-state index contributed by atoms with van der Waals surface area (Å²) in [4.78, 5) is 2.65. The van der Waals surface area contributed by atoms with E-state index in [0.717, 1.165) is 18.4 Å². The van der Waals surface area contributed by atoms with Crippen molar-refractivity contribution in [1.29, 1.82) is 0 Å². The molecule has 2 fully saturated rings. The van der Waals surface area contributed by atoms with Gasteiger partial charge in [0.1, 0.15) is 0 Å². The first-order valence-electron chi connectivity index (χ1n) is 7.17. The first kappa shape index (κ1) is 12.2. The van der Waals surface area contributed by atoms with E-state index in [9.17, 15) is 0 Å². The summed E-state index contributed by atoms with van der Waals surface area (Å²) in [7, 11) is 0. The van der Waals surface area contributed by atoms with E-state index in [-0.39, 0.29) is 0 Å². The van der Waals surface area contributed by atoms with Crippen LogP contribution in [-0.4, -0.2) is 31.1 Å². The monoisotopic (exact) mass is 244 g/mol. The zero-order valence-electron chi connectivity index (χ0n) is 11.5. The molecule has 2 heteroatoms. The Hall–Kier alpha value is -0.860. The molecule has 2 heterocycles. The second kappa shape index (κ2) is 4.67. The molecule has 2 aliphatic rings. The number of hydrogen-bond acceptors (Lipinski definition) is 2. The van der Waals surface area contributed by atoms with Gasteiger partial charge < -0.3 is 5.32 Å². The SMILES string of the molecule is CC(C)C1CN(Cc2ccccc2)CC12CNC2. The van der Waals surface area contributed by atoms with Gasteiger partial charge in [-0.15, -0.1) is 0 Å². The molecule has 1 spiro atoms. The lowest BCUT2D eigenvalue weighted by Gasteiger charge is -2.45. The number of nitrogens with zero attached hydrogens (tertiary/aromatic N) is 1. The molecule has 98 valence electrons. The quantitative estimate of drug-likeness (QED) is 0.878. The van der Waals surface area contributed by atoms with Crippen molar-refractivity contribution in [3.05, 3.63) is 35.9 Å². The third-order valence-electron chi connectivity index (χ3n) is 4.79. The molecule has 3 rings (SSSR count). The number of rotatable bonds is 3. The minimum atomic E-state index is 0.572. The van der Waals surface area contributed by atoms with Gasteiger partial charge >= 0.3 is 0 Å². The summed E-state index contributed by atoms with van der Waals surface area (Å²) in [5, 5.41) is 3.49. The maximum Gasteiger partial charge on any atom is 0.0234 e. The Labute approximate surface area is 110 Å². The Morgan fingerprint density at radius 2 is 2.00 bits per heavy atom. The number of nitrogens with one attached hydrogen (secondary N) is 1. The highest BCUT2D eigenvalue weighted by Crippen LogP contribution is 2.43. The molecule has 1 atom stereocenters. The van der Waals surface area contributed by atoms with Gasteiger partial charge in [-0.25, -0.2) is 0 Å². The van der Waals surface area contributed by atoms with Crippen molar-refractivity contribution >= 4 is 0 Å². The van der Waals surface area contributed by atoms with Crippen LogP contribution in [0.5, 0.6) is 0 Å². The third kappa shape index (κ3) is 2.08. The molecule has 0 aromatic heterocycles. The van der Waals surface area contributed by atoms with Crippen molar-refractivity contribution in [2.45, 2.75) is 20.4 Å². The Bertz CT molecular complexity index is 395. The number of hydrogen-bond donors (Lipinski definition) is 1. The summed E-state index contributed by atoms with van der Waals surface area (Å²) in [6.07, 6.45) is 0. The topological polar surface area (TPSA) is 15.3 Å². The lowest BCUT2D eigenvalue weighted by atomic mass is 9.69. The van der Waals surface area contributed by atoms with E-state index in [1.807, 2.05) is 0 Å². The van der Waals surface area contributed by atoms with Crippen LogP contribution < -0.4 is 5.32 Å². The normalized spacial score (nSPS) is 26.7. The van der Waals surface area contributed by atoms with Crippen LogP contribution in [0.3, 0.4) is 0 Å². The standard InChI is InChI=1S/C16H24N2/c1-13(2)15-9-18(12-16(15)10-17-11-16)8-14-6-4-3-5-7-14/h3-7,13,15,17H,8-12H2,1-2H3. The van der Waals surface area contributed by atoms with Crippen LogP contribution in [0.1, 0.15) is 19.4 Å². The number of benzene rings is 1. The van der Waals surface area contributed by atoms with Gasteiger partial charge in [-0.1, -0.05) is 44.2 Å². The summed E-state index contributed by atoms with van der Waals surface area (Å²) in [5.41, 5.74) is 2.02. The minimum absolute atomic E-state index is 0.572. The Morgan fingerprint density at radius 1 is 1.28 bits per heavy atom. The molecule has 0 saturated carbocycles. The third-order valence-corrected chi connectivity index (χ3v) is 4.79. The summed E-state index contributed by atoms with van der Waals surface area (Å²) in [6, 6.07) is 10.9. The van der Waals surface area contributed by atoms with E-state index < -0.39 is 0 Å². The van der Waals surface area contributed by atoms with Crippen LogP contribution in [0.4, 0.5) is 0 Å². The van der Waals surface area contributed by atoms with E-state index in [1.54, 1.807) is 0 Å². The Balaban J connectivity index is 1.69. The lowest BCUT2D eigenvalue weighted by Crippen LogP contribution is -2.58. The summed E-state index contributed by atoms with van der Waals surface area (Å²) < 4.78 is 0. The molecule has 2 saturated heterocycles. The van der Waals surface area contributed by atoms with Crippen molar-refractivity contribution in [3.63, 3.8) is 0 Å². The van der Waals surface area contributed by atoms with E-state index >= 15 is 0 Å². The average molecular weight is 244 g/mol. The van der Waals surface area contributed by atoms with Gasteiger partial charge in [0, 0.05) is 38.1 Å². The largest absolute Gasteiger partial charge is 0.315 e. The van der Waals surface area contributed by atoms with Crippen molar-refractivity contribution in [2.75, 3.05) is 26.2 Å². The Kier molecular flexibility index (Phi) is 3.16. The molecule has 0 radical (unpaired) electrons. The molecule has 0 aliphatic carbocycles. The minimum Gasteiger partial charge on any atom is -0.315 e. The van der Waals surface area contributed by atoms with Crippen molar-refractivity contribution in [1.82, 2.24) is 10.2 Å². The molecular weight excluding hydrogens is 220 g/mol. The van der Waals surface area contributed by atoms with Gasteiger partial charge in [0.25, 0.3) is 0 Å². The van der Waals surface area contributed by atoms with Gasteiger partial charge in [0.05, 0.1) is 0 Å². The molecule has 1 unspecified atom stereocenters. The average Bonchev–Trinajstić information content (AvgIpc) is 2.70. The first-order valence-corrected chi connectivity index (χ1v) is 7.17. The van der Waals surface area contributed by atoms with Crippen molar-refractivity contribution in [3.8, 4) is 0 Å². The molecule has 0 bridgehead atoms. The maximum absolute atomic E-state index is 3.49. The highest BCUT2D eigenvalue weighted by atomic mass is 15.2. The van der Waals surface area contributed by atoms with Gasteiger partial charge in [0.2, 0.25) is 0 Å². The highest BCUT2D eigenvalue weighted by molar-refractivity contribution is 5.15. The van der Waals surface area contributed by atoms with Crippen molar-refractivity contribution in [2.24, 2.45) is 17.3 Å². The van der Waals surface area contributed by atoms with Gasteiger partial charge in [-0.2, -0.15) is 0 Å². The molecule has 2 nitrogen and oxygen atoms in total. The molecule has 1 N–H and O–H groups in total. The van der Waals surface area contributed by atoms with E-state index in [2.05, 4.69) is 54.4 Å². The fourth-order valence-electron chi connectivity index (χ4n) is 3.80. The van der Waals surface area contributed by atoms with E-state index in [4.69, 9.17) is 0 Å². The molecule has 1 aromatic rings. The fraction of sp³-hybridized carbons (Fsp3) is 0.625. The maximum atomic E-state index is 3.49. The Morgan fingerprint density at radius 3 is 2.50 bits per heavy atom. The predicted octanol–water partition coefficient (Wildman–Crippen LogP) is 2.36. The summed E-state index contributed by atoms with van der Waals surface area (Å²) in [5.74, 6) is 1.66. The van der Waals surface area contributed by atoms with Crippen LogP contribution in [0.15, 0.2) is 30.3 Å². The summed E-state index contributed by atoms with van der Waals surface area (Å²) >= 11 is 0. The highest BCUT2D eigenvalue weighted by Gasteiger charge is 2.51. The second-order valence-electron chi connectivity index (χ2n) is 6.47. The van der Waals surface area contributed by atoms with Crippen LogP contribution in [0, 0.1) is 17.3 Å². The van der Waals surface area contributed by atoms with Crippen LogP contribution >= 0.6 is 0 Å². The molecule has 2 aliphatic heterocycles. The molecule has 0 amide bonds. The van der Waals surface area contributed by atoms with Gasteiger partial charge in [0.15, 0.2) is 0 Å². The van der Waals surface area contributed by atoms with Crippen LogP contribution in [0.25, 0.3) is 0 Å². The van der Waals surface area contributed by atoms with Gasteiger partial charge in [-0.05, 0) is 17.4 Å². The molecule has 18 heavy (non-hydrogen) atoms. The lowest BCUT2D eigenvalue weighted by molar-refractivity contribution is 0.0943. The van der Waals surface area contributed by atoms with E-state index in [0.29, 0.717) is 5.41 Å². The molecule has 1 aromatic carbocycles. The van der Waals surface area contributed by atoms with Gasteiger partial charge in [-0.3, -0.25) is 4.90 Å². The predicted molar refractivity (Wildman–Crippen MR) is 75.3 cm³/mol. The fourth-order valence-corrected chi connectivity index (χ4v) is 3.80. The molecular formula is C16H24N2. The first-order chi connectivity index (χ1) is 8.70. The van der Waals surface area contributed by atoms with E-state index in [1.165, 1.54) is 31.7 Å².